The molecule has 8 atom stereocenters. The minimum absolute atomic E-state index is 0. The van der Waals surface area contributed by atoms with Crippen molar-refractivity contribution in [3.8, 4) is 6.07 Å². The van der Waals surface area contributed by atoms with E-state index in [0.29, 0.717) is 34.5 Å². The van der Waals surface area contributed by atoms with Gasteiger partial charge >= 0.3 is 31.4 Å². The van der Waals surface area contributed by atoms with E-state index in [1.165, 1.54) is 30.1 Å². The van der Waals surface area contributed by atoms with Crippen molar-refractivity contribution >= 4 is 111 Å². The monoisotopic (exact) mass is 948 g/mol. The number of aromatic nitrogens is 2. The van der Waals surface area contributed by atoms with Gasteiger partial charge in [-0.3, -0.25) is 4.39 Å². The van der Waals surface area contributed by atoms with Gasteiger partial charge in [-0.2, -0.15) is 5.26 Å². The zero-order valence-corrected chi connectivity index (χ0v) is 38.4. The summed E-state index contributed by atoms with van der Waals surface area (Å²) in [5, 5.41) is 23.3. The number of benzene rings is 2. The minimum atomic E-state index is -1.00. The van der Waals surface area contributed by atoms with Crippen molar-refractivity contribution < 1.29 is 64.7 Å². The van der Waals surface area contributed by atoms with Crippen molar-refractivity contribution in [2.45, 2.75) is 0 Å². The number of pyridine rings is 2. The first kappa shape index (κ1) is 51.0. The van der Waals surface area contributed by atoms with Gasteiger partial charge in [0.15, 0.2) is 0 Å². The Morgan fingerprint density at radius 1 is 0.936 bits per heavy atom. The Balaban J connectivity index is -0.000000281. The fourth-order valence-electron chi connectivity index (χ4n) is 2.90. The van der Waals surface area contributed by atoms with Crippen molar-refractivity contribution in [2.24, 2.45) is 0 Å². The summed E-state index contributed by atoms with van der Waals surface area (Å²) in [5.74, 6) is -0.738. The molecule has 0 saturated carbocycles. The predicted octanol–water partition coefficient (Wildman–Crippen LogP) is 9.55. The molecule has 0 radical (unpaired) electrons. The van der Waals surface area contributed by atoms with E-state index in [2.05, 4.69) is 46.2 Å². The van der Waals surface area contributed by atoms with Gasteiger partial charge in [0.2, 0.25) is 0 Å². The van der Waals surface area contributed by atoms with Crippen LogP contribution in [0.1, 0.15) is 27.8 Å². The first-order chi connectivity index (χ1) is 22.2. The minimum Gasteiger partial charge on any atom is -0.512 e. The van der Waals surface area contributed by atoms with Gasteiger partial charge in [0, 0.05) is 31.2 Å². The van der Waals surface area contributed by atoms with E-state index < -0.39 is 7.15 Å². The number of fused-ring (bicyclic) bond motifs is 2. The Morgan fingerprint density at radius 2 is 1.38 bits per heavy atom. The van der Waals surface area contributed by atoms with Crippen LogP contribution in [-0.4, -0.2) is 43.3 Å². The molecule has 0 aliphatic rings. The summed E-state index contributed by atoms with van der Waals surface area (Å²) < 4.78 is 24.7. The number of alkyl halides is 1. The SMILES string of the molecule is COC(=O)c1ccc2nc(C#N)ccc2c1.COC(=O)c1ccc2nc(Cl)ccc2c1.PPPPP(P)PP.[2H]CF.[C-]#N.[C-]#N.[Pd].[Zn+2]. The van der Waals surface area contributed by atoms with Crippen LogP contribution in [0, 0.1) is 35.0 Å². The van der Waals surface area contributed by atoms with Gasteiger partial charge in [0.05, 0.1) is 44.9 Å². The van der Waals surface area contributed by atoms with Crippen LogP contribution in [0.15, 0.2) is 60.7 Å². The summed E-state index contributed by atoms with van der Waals surface area (Å²) in [6, 6.07) is 19.0. The molecule has 9 nitrogen and oxygen atoms in total. The molecule has 4 rings (SSSR count). The fourth-order valence-corrected chi connectivity index (χ4v) is 33.3. The van der Waals surface area contributed by atoms with Gasteiger partial charge in [0.25, 0.3) is 0 Å². The topological polar surface area (TPSA) is 150 Å². The third-order valence-corrected chi connectivity index (χ3v) is 35.9. The molecule has 0 saturated heterocycles. The van der Waals surface area contributed by atoms with Crippen molar-refractivity contribution in [3.05, 3.63) is 95.8 Å². The molecule has 8 unspecified atom stereocenters. The number of nitrogens with zero attached hydrogens (tertiary/aromatic N) is 5. The molecule has 0 N–H and O–H groups in total. The Bertz CT molecular complexity index is 1610. The van der Waals surface area contributed by atoms with Crippen LogP contribution in [0.3, 0.4) is 0 Å². The van der Waals surface area contributed by atoms with Crippen molar-refractivity contribution in [1.29, 1.82) is 15.8 Å². The molecule has 2 aromatic carbocycles. The smallest absolute Gasteiger partial charge is 0.512 e. The first-order valence-electron chi connectivity index (χ1n) is 12.2. The number of halogens is 2. The van der Waals surface area contributed by atoms with E-state index in [1.54, 1.807) is 54.6 Å². The molecule has 2 aromatic heterocycles. The summed E-state index contributed by atoms with van der Waals surface area (Å²) in [6.07, 6.45) is 0. The van der Waals surface area contributed by atoms with Crippen LogP contribution in [0.25, 0.3) is 21.8 Å². The van der Waals surface area contributed by atoms with E-state index in [4.69, 9.17) is 41.9 Å². The number of methoxy groups -OCH3 is 2. The number of ether oxygens (including phenoxy) is 2. The standard InChI is InChI=1S/C12H8N2O2.C11H8ClNO2.CH3F.2CN.H10P8.Pd.Zn/c1-16-12(15)9-3-5-11-8(6-9)2-4-10(7-13)14-11;1-15-11(14)8-2-4-9-7(6-8)3-5-10(12)13-9;3*1-2;1-4-6-7-8(3)5-2;;/h2-6H,1H3;2-6H,1H3;1H3;;;4-7H,1-3H2;;/q;;;2*-1;;;+2/i;;1D;;;;;. The Labute approximate surface area is 322 Å². The van der Waals surface area contributed by atoms with Gasteiger partial charge in [-0.1, -0.05) is 43.4 Å². The van der Waals surface area contributed by atoms with E-state index in [1.807, 2.05) is 12.1 Å². The van der Waals surface area contributed by atoms with Crippen LogP contribution in [-0.2, 0) is 49.4 Å². The molecule has 0 amide bonds. The third kappa shape index (κ3) is 21.4. The summed E-state index contributed by atoms with van der Waals surface area (Å²) >= 11 is 5.75. The molecule has 0 spiro atoms. The largest absolute Gasteiger partial charge is 2.00 e. The normalized spacial score (nSPS) is 10.5. The molecule has 21 heteroatoms. The maximum Gasteiger partial charge on any atom is 2.00 e. The molecule has 0 fully saturated rings. The molecular weight excluding hydrogens is 920 g/mol. The van der Waals surface area contributed by atoms with Gasteiger partial charge in [-0.05, 0) is 67.7 Å². The molecular formula is C26H29ClFN5O4P8PdZn. The van der Waals surface area contributed by atoms with Crippen LogP contribution in [0.5, 0.6) is 0 Å². The molecule has 248 valence electrons. The van der Waals surface area contributed by atoms with Crippen LogP contribution in [0.4, 0.5) is 4.39 Å². The molecule has 4 aromatic rings. The first-order valence-corrected chi connectivity index (χ1v) is 26.1. The molecule has 0 aliphatic heterocycles. The Kier molecular flexibility index (Phi) is 37.0. The number of rotatable bonds is 6. The predicted molar refractivity (Wildman–Crippen MR) is 202 cm³/mol. The summed E-state index contributed by atoms with van der Waals surface area (Å²) in [4.78, 5) is 30.8. The van der Waals surface area contributed by atoms with Gasteiger partial charge in [0.1, 0.15) is 16.9 Å². The number of carbonyl (C=O) groups is 2. The maximum atomic E-state index is 11.3. The number of hydrogen-bond acceptors (Lipinski definition) is 9. The number of nitriles is 1. The van der Waals surface area contributed by atoms with Crippen LogP contribution >= 0.6 is 77.2 Å². The average Bonchev–Trinajstić information content (AvgIpc) is 3.11. The second kappa shape index (κ2) is 34.1. The summed E-state index contributed by atoms with van der Waals surface area (Å²) in [5.41, 5.74) is 2.79. The van der Waals surface area contributed by atoms with E-state index >= 15 is 0 Å². The van der Waals surface area contributed by atoms with Gasteiger partial charge < -0.3 is 33.1 Å². The molecule has 2 heterocycles. The van der Waals surface area contributed by atoms with E-state index in [-0.39, 0.29) is 51.8 Å². The Morgan fingerprint density at radius 3 is 1.79 bits per heavy atom. The van der Waals surface area contributed by atoms with Crippen LogP contribution in [0.2, 0.25) is 5.15 Å². The second-order valence-electron chi connectivity index (χ2n) is 7.12. The maximum absolute atomic E-state index is 11.3. The number of esters is 2. The number of carbonyl (C=O) groups excluding carboxylic acids is 2. The van der Waals surface area contributed by atoms with Gasteiger partial charge in [-0.15, -0.1) is 26.8 Å². The molecule has 0 bridgehead atoms. The van der Waals surface area contributed by atoms with Gasteiger partial charge in [-0.25, -0.2) is 19.6 Å². The molecule has 0 aliphatic carbocycles. The van der Waals surface area contributed by atoms with Crippen LogP contribution < -0.4 is 0 Å². The van der Waals surface area contributed by atoms with Crippen molar-refractivity contribution in [3.63, 3.8) is 0 Å². The zero-order chi connectivity index (χ0) is 35.5. The van der Waals surface area contributed by atoms with Crippen molar-refractivity contribution in [2.75, 3.05) is 21.4 Å². The zero-order valence-electron chi connectivity index (χ0n) is 25.8. The van der Waals surface area contributed by atoms with Crippen molar-refractivity contribution in [1.82, 2.24) is 9.97 Å². The second-order valence-corrected chi connectivity index (χ2v) is 30.4. The summed E-state index contributed by atoms with van der Waals surface area (Å²) in [6.45, 7) is 9.86. The summed E-state index contributed by atoms with van der Waals surface area (Å²) in [7, 11) is 15.0. The third-order valence-electron chi connectivity index (χ3n) is 4.69. The fraction of sp³-hybridized carbons (Fsp3) is 0.115. The quantitative estimate of drug-likeness (QED) is 0.0606. The molecule has 47 heavy (non-hydrogen) atoms. The number of hydrogen-bond donors (Lipinski definition) is 0. The Hall–Kier alpha value is -0.384. The van der Waals surface area contributed by atoms with E-state index in [9.17, 15) is 14.0 Å². The average molecular weight is 951 g/mol. The van der Waals surface area contributed by atoms with E-state index in [0.717, 1.165) is 32.2 Å².